The van der Waals surface area contributed by atoms with Crippen LogP contribution in [-0.2, 0) is 11.2 Å². The molecule has 4 heteroatoms. The summed E-state index contributed by atoms with van der Waals surface area (Å²) in [6, 6.07) is 3.29. The van der Waals surface area contributed by atoms with Gasteiger partial charge in [0.2, 0.25) is 0 Å². The third kappa shape index (κ3) is 4.09. The molecule has 0 aliphatic carbocycles. The van der Waals surface area contributed by atoms with Crippen LogP contribution in [0.3, 0.4) is 0 Å². The highest BCUT2D eigenvalue weighted by molar-refractivity contribution is 7.99. The lowest BCUT2D eigenvalue weighted by Gasteiger charge is -2.20. The van der Waals surface area contributed by atoms with Crippen molar-refractivity contribution in [2.75, 3.05) is 11.5 Å². The molecule has 2 rings (SSSR count). The topological polar surface area (TPSA) is 17.1 Å². The van der Waals surface area contributed by atoms with Crippen LogP contribution in [0.2, 0.25) is 0 Å². The van der Waals surface area contributed by atoms with Gasteiger partial charge in [0.25, 0.3) is 0 Å². The molecular formula is C14H16F2OS. The highest BCUT2D eigenvalue weighted by atomic mass is 32.2. The quantitative estimate of drug-likeness (QED) is 0.831. The second kappa shape index (κ2) is 6.32. The maximum absolute atomic E-state index is 13.0. The second-order valence-electron chi connectivity index (χ2n) is 4.75. The molecule has 0 bridgehead atoms. The van der Waals surface area contributed by atoms with Crippen LogP contribution >= 0.6 is 11.8 Å². The van der Waals surface area contributed by atoms with E-state index in [9.17, 15) is 13.6 Å². The fraction of sp³-hybridized carbons (Fsp3) is 0.500. The van der Waals surface area contributed by atoms with Crippen molar-refractivity contribution < 1.29 is 13.6 Å². The summed E-state index contributed by atoms with van der Waals surface area (Å²) in [5.74, 6) is 1.53. The monoisotopic (exact) mass is 270 g/mol. The number of thioether (sulfide) groups is 1. The number of carbonyl (C=O) groups is 1. The highest BCUT2D eigenvalue weighted by Gasteiger charge is 2.17. The van der Waals surface area contributed by atoms with Crippen LogP contribution in [0.25, 0.3) is 0 Å². The maximum atomic E-state index is 13.0. The molecule has 0 saturated carbocycles. The van der Waals surface area contributed by atoms with Gasteiger partial charge in [0, 0.05) is 18.9 Å². The SMILES string of the molecule is O=C(Cc1cc(F)cc(F)c1)CC1CCSCC1. The van der Waals surface area contributed by atoms with Gasteiger partial charge in [0.15, 0.2) is 0 Å². The van der Waals surface area contributed by atoms with Crippen LogP contribution in [0.1, 0.15) is 24.8 Å². The summed E-state index contributed by atoms with van der Waals surface area (Å²) in [6.07, 6.45) is 2.83. The first kappa shape index (κ1) is 13.5. The van der Waals surface area contributed by atoms with Crippen molar-refractivity contribution in [3.05, 3.63) is 35.4 Å². The maximum Gasteiger partial charge on any atom is 0.137 e. The van der Waals surface area contributed by atoms with Crippen molar-refractivity contribution in [3.8, 4) is 0 Å². The summed E-state index contributed by atoms with van der Waals surface area (Å²) in [7, 11) is 0. The summed E-state index contributed by atoms with van der Waals surface area (Å²) in [6.45, 7) is 0. The zero-order chi connectivity index (χ0) is 13.0. The standard InChI is InChI=1S/C14H16F2OS/c15-12-5-11(6-13(16)9-12)8-14(17)7-10-1-3-18-4-2-10/h5-6,9-10H,1-4,7-8H2. The van der Waals surface area contributed by atoms with E-state index in [-0.39, 0.29) is 12.2 Å². The fourth-order valence-corrected chi connectivity index (χ4v) is 3.49. The molecule has 0 radical (unpaired) electrons. The molecule has 0 spiro atoms. The molecule has 18 heavy (non-hydrogen) atoms. The van der Waals surface area contributed by atoms with Crippen molar-refractivity contribution in [3.63, 3.8) is 0 Å². The molecule has 1 aromatic carbocycles. The van der Waals surface area contributed by atoms with E-state index >= 15 is 0 Å². The van der Waals surface area contributed by atoms with Gasteiger partial charge in [-0.25, -0.2) is 8.78 Å². The van der Waals surface area contributed by atoms with Gasteiger partial charge >= 0.3 is 0 Å². The van der Waals surface area contributed by atoms with E-state index in [1.807, 2.05) is 11.8 Å². The second-order valence-corrected chi connectivity index (χ2v) is 5.98. The van der Waals surface area contributed by atoms with Crippen molar-refractivity contribution in [1.29, 1.82) is 0 Å². The van der Waals surface area contributed by atoms with Gasteiger partial charge in [-0.15, -0.1) is 0 Å². The largest absolute Gasteiger partial charge is 0.299 e. The fourth-order valence-electron chi connectivity index (χ4n) is 2.29. The van der Waals surface area contributed by atoms with E-state index in [0.717, 1.165) is 30.4 Å². The van der Waals surface area contributed by atoms with Gasteiger partial charge < -0.3 is 0 Å². The minimum atomic E-state index is -0.619. The van der Waals surface area contributed by atoms with E-state index in [1.54, 1.807) is 0 Å². The summed E-state index contributed by atoms with van der Waals surface area (Å²) in [5.41, 5.74) is 0.433. The zero-order valence-corrected chi connectivity index (χ0v) is 10.9. The Morgan fingerprint density at radius 3 is 2.39 bits per heavy atom. The van der Waals surface area contributed by atoms with Crippen molar-refractivity contribution in [1.82, 2.24) is 0 Å². The predicted octanol–water partition coefficient (Wildman–Crippen LogP) is 3.61. The molecule has 1 aliphatic heterocycles. The molecule has 0 N–H and O–H groups in total. The van der Waals surface area contributed by atoms with Gasteiger partial charge in [-0.05, 0) is 48.0 Å². The van der Waals surface area contributed by atoms with E-state index in [1.165, 1.54) is 12.1 Å². The number of ketones is 1. The number of hydrogen-bond donors (Lipinski definition) is 0. The Morgan fingerprint density at radius 2 is 1.78 bits per heavy atom. The lowest BCUT2D eigenvalue weighted by atomic mass is 9.94. The molecule has 1 saturated heterocycles. The third-order valence-electron chi connectivity index (χ3n) is 3.18. The van der Waals surface area contributed by atoms with Gasteiger partial charge in [-0.1, -0.05) is 0 Å². The smallest absolute Gasteiger partial charge is 0.137 e. The number of halogens is 2. The third-order valence-corrected chi connectivity index (χ3v) is 4.23. The van der Waals surface area contributed by atoms with Crippen molar-refractivity contribution in [2.24, 2.45) is 5.92 Å². The van der Waals surface area contributed by atoms with E-state index in [4.69, 9.17) is 0 Å². The Hall–Kier alpha value is -0.900. The number of hydrogen-bond acceptors (Lipinski definition) is 2. The molecular weight excluding hydrogens is 254 g/mol. The molecule has 0 amide bonds. The molecule has 1 fully saturated rings. The van der Waals surface area contributed by atoms with Gasteiger partial charge in [-0.2, -0.15) is 11.8 Å². The van der Waals surface area contributed by atoms with Crippen LogP contribution in [0.4, 0.5) is 8.78 Å². The van der Waals surface area contributed by atoms with Gasteiger partial charge in [0.1, 0.15) is 17.4 Å². The summed E-state index contributed by atoms with van der Waals surface area (Å²) in [4.78, 5) is 11.9. The molecule has 1 heterocycles. The Bertz CT molecular complexity index is 408. The molecule has 1 nitrogen and oxygen atoms in total. The number of Topliss-reactive ketones (excluding diaryl/α,β-unsaturated/α-hetero) is 1. The first-order chi connectivity index (χ1) is 8.63. The van der Waals surface area contributed by atoms with E-state index in [2.05, 4.69) is 0 Å². The minimum absolute atomic E-state index is 0.0805. The Morgan fingerprint density at radius 1 is 1.17 bits per heavy atom. The number of rotatable bonds is 4. The molecule has 0 unspecified atom stereocenters. The summed E-state index contributed by atoms with van der Waals surface area (Å²) in [5, 5.41) is 0. The van der Waals surface area contributed by atoms with Crippen LogP contribution in [0, 0.1) is 17.6 Å². The average Bonchev–Trinajstić information content (AvgIpc) is 2.28. The minimum Gasteiger partial charge on any atom is -0.299 e. The highest BCUT2D eigenvalue weighted by Crippen LogP contribution is 2.25. The van der Waals surface area contributed by atoms with Crippen LogP contribution in [-0.4, -0.2) is 17.3 Å². The Kier molecular flexibility index (Phi) is 4.75. The van der Waals surface area contributed by atoms with Crippen LogP contribution < -0.4 is 0 Å². The molecule has 1 aliphatic rings. The molecule has 98 valence electrons. The number of carbonyl (C=O) groups excluding carboxylic acids is 1. The first-order valence-corrected chi connectivity index (χ1v) is 7.33. The van der Waals surface area contributed by atoms with Crippen LogP contribution in [0.15, 0.2) is 18.2 Å². The van der Waals surface area contributed by atoms with Gasteiger partial charge in [0.05, 0.1) is 0 Å². The Balaban J connectivity index is 1.89. The summed E-state index contributed by atoms with van der Waals surface area (Å²) < 4.78 is 26.0. The van der Waals surface area contributed by atoms with Crippen LogP contribution in [0.5, 0.6) is 0 Å². The lowest BCUT2D eigenvalue weighted by Crippen LogP contribution is -2.15. The lowest BCUT2D eigenvalue weighted by molar-refractivity contribution is -0.119. The van der Waals surface area contributed by atoms with Gasteiger partial charge in [-0.3, -0.25) is 4.79 Å². The summed E-state index contributed by atoms with van der Waals surface area (Å²) >= 11 is 1.92. The van der Waals surface area contributed by atoms with Crippen molar-refractivity contribution in [2.45, 2.75) is 25.7 Å². The first-order valence-electron chi connectivity index (χ1n) is 6.18. The molecule has 0 atom stereocenters. The average molecular weight is 270 g/mol. The molecule has 0 aromatic heterocycles. The Labute approximate surface area is 110 Å². The zero-order valence-electron chi connectivity index (χ0n) is 10.1. The molecule has 1 aromatic rings. The van der Waals surface area contributed by atoms with E-state index in [0.29, 0.717) is 17.9 Å². The predicted molar refractivity (Wildman–Crippen MR) is 69.7 cm³/mol. The van der Waals surface area contributed by atoms with Crippen molar-refractivity contribution >= 4 is 17.5 Å². The van der Waals surface area contributed by atoms with E-state index < -0.39 is 11.6 Å². The normalized spacial score (nSPS) is 16.8. The number of benzene rings is 1.